The van der Waals surface area contributed by atoms with E-state index in [0.29, 0.717) is 4.57 Å². The number of esters is 1. The molecule has 0 aromatic carbocycles. The van der Waals surface area contributed by atoms with Crippen molar-refractivity contribution in [3.05, 3.63) is 22.7 Å². The number of thioether (sulfide) groups is 1. The van der Waals surface area contributed by atoms with Gasteiger partial charge in [0.15, 0.2) is 11.3 Å². The summed E-state index contributed by atoms with van der Waals surface area (Å²) in [5, 5.41) is 9.79. The molecule has 0 saturated carbocycles. The van der Waals surface area contributed by atoms with Crippen LogP contribution in [0.15, 0.2) is 17.1 Å². The lowest BCUT2D eigenvalue weighted by Gasteiger charge is -2.25. The van der Waals surface area contributed by atoms with Crippen LogP contribution in [0.2, 0.25) is 0 Å². The second-order valence-electron chi connectivity index (χ2n) is 10.0. The molecule has 0 amide bonds. The summed E-state index contributed by atoms with van der Waals surface area (Å²) in [6.45, 7) is 8.92. The summed E-state index contributed by atoms with van der Waals surface area (Å²) >= 11 is 6.85. The average molecular weight is 617 g/mol. The molecule has 222 valence electrons. The first kappa shape index (κ1) is 33.6. The van der Waals surface area contributed by atoms with E-state index in [-0.39, 0.29) is 23.3 Å². The first-order chi connectivity index (χ1) is 17.9. The van der Waals surface area contributed by atoms with E-state index in [9.17, 15) is 24.1 Å². The minimum atomic E-state index is -4.33. The van der Waals surface area contributed by atoms with Gasteiger partial charge in [0.25, 0.3) is 5.13 Å². The molecule has 17 heteroatoms. The number of aliphatic hydroxyl groups excluding tert-OH is 1. The number of aromatic nitrogens is 2. The Bertz CT molecular complexity index is 1130. The van der Waals surface area contributed by atoms with Crippen LogP contribution in [0.4, 0.5) is 10.2 Å². The summed E-state index contributed by atoms with van der Waals surface area (Å²) < 4.78 is 50.8. The second kappa shape index (κ2) is 13.4. The minimum Gasteiger partial charge on any atom is -0.462 e. The number of nitrogens with zero attached hydrogens (tertiary/aromatic N) is 2. The van der Waals surface area contributed by atoms with E-state index in [1.165, 1.54) is 13.0 Å². The Morgan fingerprint density at radius 1 is 1.38 bits per heavy atom. The molecule has 6 atom stereocenters. The number of nitrogens with two attached hydrogens (primary N) is 1. The Labute approximate surface area is 234 Å². The summed E-state index contributed by atoms with van der Waals surface area (Å²) in [7, 11) is -4.33. The van der Waals surface area contributed by atoms with Crippen molar-refractivity contribution in [3.63, 3.8) is 0 Å². The molecular weight excluding hydrogens is 582 g/mol. The largest absolute Gasteiger partial charge is 0.462 e. The molecule has 1 unspecified atom stereocenters. The molecule has 1 aromatic rings. The molecule has 0 spiro atoms. The highest BCUT2D eigenvalue weighted by molar-refractivity contribution is 8.13. The molecule has 1 aliphatic heterocycles. The zero-order valence-corrected chi connectivity index (χ0v) is 24.9. The predicted molar refractivity (Wildman–Crippen MR) is 143 cm³/mol. The van der Waals surface area contributed by atoms with Crippen molar-refractivity contribution in [1.29, 1.82) is 0 Å². The molecule has 1 aromatic heterocycles. The van der Waals surface area contributed by atoms with Crippen LogP contribution < -0.4 is 16.5 Å². The molecule has 0 aliphatic carbocycles. The van der Waals surface area contributed by atoms with Gasteiger partial charge in [-0.2, -0.15) is 4.98 Å². The van der Waals surface area contributed by atoms with Crippen LogP contribution in [0.5, 0.6) is 0 Å². The molecule has 1 aliphatic rings. The Morgan fingerprint density at radius 3 is 2.59 bits per heavy atom. The van der Waals surface area contributed by atoms with Gasteiger partial charge in [-0.15, -0.1) is 0 Å². The average Bonchev–Trinajstić information content (AvgIpc) is 3.03. The first-order valence-electron chi connectivity index (χ1n) is 12.0. The number of halogens is 2. The molecule has 2 heterocycles. The number of nitrogen functional groups attached to an aromatic ring is 1. The summed E-state index contributed by atoms with van der Waals surface area (Å²) in [5.41, 5.74) is 3.87. The van der Waals surface area contributed by atoms with Crippen molar-refractivity contribution in [2.45, 2.75) is 77.3 Å². The number of carbonyl (C=O) groups is 2. The molecule has 0 bridgehead atoms. The van der Waals surface area contributed by atoms with Gasteiger partial charge >= 0.3 is 19.4 Å². The zero-order chi connectivity index (χ0) is 29.8. The van der Waals surface area contributed by atoms with Gasteiger partial charge in [-0.25, -0.2) is 18.8 Å². The van der Waals surface area contributed by atoms with E-state index in [0.717, 1.165) is 18.0 Å². The van der Waals surface area contributed by atoms with Crippen LogP contribution in [0, 0.1) is 5.41 Å². The summed E-state index contributed by atoms with van der Waals surface area (Å²) in [6, 6.07) is 0.0527. The van der Waals surface area contributed by atoms with Crippen molar-refractivity contribution >= 4 is 48.0 Å². The molecule has 39 heavy (non-hydrogen) atoms. The van der Waals surface area contributed by atoms with Gasteiger partial charge in [0, 0.05) is 17.4 Å². The van der Waals surface area contributed by atoms with Gasteiger partial charge in [0.2, 0.25) is 0 Å². The fourth-order valence-electron chi connectivity index (χ4n) is 3.13. The maximum atomic E-state index is 15.3. The Kier molecular flexibility index (Phi) is 11.5. The quantitative estimate of drug-likeness (QED) is 0.135. The number of aliphatic hydroxyl groups is 1. The summed E-state index contributed by atoms with van der Waals surface area (Å²) in [5.74, 6) is -0.751. The summed E-state index contributed by atoms with van der Waals surface area (Å²) in [6.07, 6.45) is -4.73. The van der Waals surface area contributed by atoms with E-state index in [4.69, 9.17) is 35.9 Å². The normalized spacial score (nSPS) is 25.8. The van der Waals surface area contributed by atoms with Crippen molar-refractivity contribution in [1.82, 2.24) is 14.6 Å². The highest BCUT2D eigenvalue weighted by Crippen LogP contribution is 2.48. The fourth-order valence-corrected chi connectivity index (χ4v) is 5.81. The van der Waals surface area contributed by atoms with E-state index in [2.05, 4.69) is 10.1 Å². The SMILES string of the molecule is CC(C)OC(=O)[C@H](C)NP(=O)(OCCSC(=O)C(C)(C)C)OC[C@H]1O[C@@H](n2ccc(N)nc2=O)[C@@](F)(Cl)[C@@H]1O. The van der Waals surface area contributed by atoms with E-state index < -0.39 is 67.1 Å². The standard InChI is InChI=1S/C22H35ClFN4O9PS/c1-12(2)36-17(30)13(3)27-38(33,34-9-10-39-19(31)21(4,5)6)35-11-14-16(29)22(23,24)18(37-14)28-8-7-15(25)26-20(28)32/h7-8,12-14,16,18,29H,9-11H2,1-6H3,(H,27,33)(H2,25,26,32)/t13-,14+,16+,18+,22+,38?/m0/s1. The second-order valence-corrected chi connectivity index (χ2v) is 13.5. The molecule has 2 rings (SSSR count). The highest BCUT2D eigenvalue weighted by atomic mass is 35.5. The lowest BCUT2D eigenvalue weighted by Crippen LogP contribution is -2.41. The number of anilines is 1. The van der Waals surface area contributed by atoms with Gasteiger partial charge in [0.05, 0.1) is 19.3 Å². The van der Waals surface area contributed by atoms with Crippen LogP contribution in [0.3, 0.4) is 0 Å². The van der Waals surface area contributed by atoms with Crippen LogP contribution in [-0.2, 0) is 32.7 Å². The zero-order valence-electron chi connectivity index (χ0n) is 22.5. The van der Waals surface area contributed by atoms with E-state index in [1.54, 1.807) is 34.6 Å². The number of rotatable bonds is 12. The Morgan fingerprint density at radius 2 is 2.03 bits per heavy atom. The third-order valence-electron chi connectivity index (χ3n) is 5.14. The van der Waals surface area contributed by atoms with Crippen molar-refractivity contribution < 1.29 is 42.2 Å². The predicted octanol–water partition coefficient (Wildman–Crippen LogP) is 2.37. The Hall–Kier alpha value is -1.58. The van der Waals surface area contributed by atoms with Gasteiger partial charge in [-0.3, -0.25) is 23.2 Å². The van der Waals surface area contributed by atoms with Crippen LogP contribution in [0.1, 0.15) is 47.8 Å². The van der Waals surface area contributed by atoms with Gasteiger partial charge in [0.1, 0.15) is 24.1 Å². The molecule has 13 nitrogen and oxygen atoms in total. The van der Waals surface area contributed by atoms with E-state index >= 15 is 4.39 Å². The monoisotopic (exact) mass is 616 g/mol. The van der Waals surface area contributed by atoms with Gasteiger partial charge in [-0.1, -0.05) is 44.1 Å². The number of alkyl halides is 2. The topological polar surface area (TPSA) is 181 Å². The minimum absolute atomic E-state index is 0.114. The van der Waals surface area contributed by atoms with Gasteiger partial charge < -0.3 is 20.3 Å². The number of hydrogen-bond donors (Lipinski definition) is 3. The summed E-state index contributed by atoms with van der Waals surface area (Å²) in [4.78, 5) is 40.1. The number of carbonyl (C=O) groups excluding carboxylic acids is 2. The molecule has 1 saturated heterocycles. The number of hydrogen-bond acceptors (Lipinski definition) is 12. The molecular formula is C22H35ClFN4O9PS. The first-order valence-corrected chi connectivity index (χ1v) is 14.9. The number of nitrogens with one attached hydrogen (secondary N) is 1. The van der Waals surface area contributed by atoms with Crippen LogP contribution >= 0.6 is 31.1 Å². The third kappa shape index (κ3) is 9.22. The maximum Gasteiger partial charge on any atom is 0.406 e. The van der Waals surface area contributed by atoms with E-state index in [1.807, 2.05) is 0 Å². The van der Waals surface area contributed by atoms with Crippen LogP contribution in [0.25, 0.3) is 0 Å². The fraction of sp³-hybridized carbons (Fsp3) is 0.727. The van der Waals surface area contributed by atoms with Crippen LogP contribution in [-0.4, -0.2) is 74.2 Å². The Balaban J connectivity index is 2.16. The smallest absolute Gasteiger partial charge is 0.406 e. The molecule has 4 N–H and O–H groups in total. The van der Waals surface area contributed by atoms with Crippen molar-refractivity contribution in [2.24, 2.45) is 5.41 Å². The lowest BCUT2D eigenvalue weighted by molar-refractivity contribution is -0.149. The highest BCUT2D eigenvalue weighted by Gasteiger charge is 2.58. The lowest BCUT2D eigenvalue weighted by atomic mass is 10.00. The van der Waals surface area contributed by atoms with Crippen molar-refractivity contribution in [3.8, 4) is 0 Å². The molecule has 0 radical (unpaired) electrons. The third-order valence-corrected chi connectivity index (χ3v) is 8.51. The number of ether oxygens (including phenoxy) is 2. The maximum absolute atomic E-state index is 15.3. The molecule has 1 fully saturated rings. The van der Waals surface area contributed by atoms with Gasteiger partial charge in [-0.05, 0) is 26.8 Å². The van der Waals surface area contributed by atoms with Crippen molar-refractivity contribution in [2.75, 3.05) is 24.7 Å².